The van der Waals surface area contributed by atoms with Crippen molar-refractivity contribution in [1.82, 2.24) is 19.8 Å². The first-order chi connectivity index (χ1) is 14.6. The number of rotatable bonds is 11. The average Bonchev–Trinajstić information content (AvgIpc) is 3.16. The van der Waals surface area contributed by atoms with E-state index in [2.05, 4.69) is 42.1 Å². The molecule has 4 nitrogen and oxygen atoms in total. The van der Waals surface area contributed by atoms with Crippen LogP contribution in [-0.2, 0) is 0 Å². The van der Waals surface area contributed by atoms with Gasteiger partial charge in [-0.25, -0.2) is 0 Å². The van der Waals surface area contributed by atoms with Crippen LogP contribution < -0.4 is 3.58 Å². The van der Waals surface area contributed by atoms with Gasteiger partial charge in [0.15, 0.2) is 0 Å². The molecule has 0 spiro atoms. The molecule has 0 aliphatic rings. The molecule has 0 fully saturated rings. The Bertz CT molecular complexity index is 953. The molecule has 7 heteroatoms. The van der Waals surface area contributed by atoms with Crippen LogP contribution in [0.25, 0.3) is 17.0 Å². The van der Waals surface area contributed by atoms with Crippen molar-refractivity contribution >= 4 is 39.2 Å². The van der Waals surface area contributed by atoms with E-state index < -0.39 is 18.4 Å². The second-order valence-electron chi connectivity index (χ2n) is 8.21. The Labute approximate surface area is 188 Å². The summed E-state index contributed by atoms with van der Waals surface area (Å²) in [4.78, 5) is 0. The number of halogens is 2. The third-order valence-electron chi connectivity index (χ3n) is 6.06. The van der Waals surface area contributed by atoms with Crippen molar-refractivity contribution < 1.29 is 4.39 Å². The van der Waals surface area contributed by atoms with E-state index in [0.717, 1.165) is 0 Å². The predicted octanol–water partition coefficient (Wildman–Crippen LogP) is 6.64. The zero-order chi connectivity index (χ0) is 21.6. The number of unbranched alkanes of at least 4 members (excludes halogenated alkanes) is 3. The molecule has 0 aliphatic heterocycles. The third kappa shape index (κ3) is 4.98. The Morgan fingerprint density at radius 3 is 2.10 bits per heavy atom. The summed E-state index contributed by atoms with van der Waals surface area (Å²) in [5.74, 6) is 0.0594. The van der Waals surface area contributed by atoms with Crippen LogP contribution in [-0.4, -0.2) is 38.2 Å². The number of benzene rings is 1. The summed E-state index contributed by atoms with van der Waals surface area (Å²) in [5, 5.41) is 13.9. The van der Waals surface area contributed by atoms with E-state index in [0.29, 0.717) is 22.2 Å². The van der Waals surface area contributed by atoms with E-state index in [1.807, 2.05) is 0 Å². The van der Waals surface area contributed by atoms with Gasteiger partial charge in [0.05, 0.1) is 0 Å². The Morgan fingerprint density at radius 2 is 1.53 bits per heavy atom. The summed E-state index contributed by atoms with van der Waals surface area (Å²) in [6.07, 6.45) is 7.35. The van der Waals surface area contributed by atoms with Gasteiger partial charge in [0.2, 0.25) is 0 Å². The van der Waals surface area contributed by atoms with Crippen molar-refractivity contribution in [3.05, 3.63) is 41.3 Å². The normalized spacial score (nSPS) is 12.0. The SMILES string of the molecule is CCC[CH2][Sn]([CH2]CCC)([CH2]CCC)[c]1cc2nnc(-c3ccccc3F)n2nc1Cl. The summed E-state index contributed by atoms with van der Waals surface area (Å²) >= 11 is 4.09. The topological polar surface area (TPSA) is 43.1 Å². The van der Waals surface area contributed by atoms with Crippen LogP contribution in [0.4, 0.5) is 4.39 Å². The van der Waals surface area contributed by atoms with Gasteiger partial charge in [-0.15, -0.1) is 0 Å². The molecule has 2 aromatic heterocycles. The van der Waals surface area contributed by atoms with Crippen molar-refractivity contribution in [2.24, 2.45) is 0 Å². The van der Waals surface area contributed by atoms with Crippen molar-refractivity contribution in [2.45, 2.75) is 72.6 Å². The van der Waals surface area contributed by atoms with Gasteiger partial charge in [0, 0.05) is 0 Å². The van der Waals surface area contributed by atoms with Crippen molar-refractivity contribution in [2.75, 3.05) is 0 Å². The molecule has 3 rings (SSSR count). The fourth-order valence-electron chi connectivity index (χ4n) is 4.32. The maximum atomic E-state index is 14.3. The Kier molecular flexibility index (Phi) is 8.51. The van der Waals surface area contributed by atoms with Crippen LogP contribution >= 0.6 is 11.6 Å². The fourth-order valence-corrected chi connectivity index (χ4v) is 21.7. The van der Waals surface area contributed by atoms with E-state index in [1.165, 1.54) is 61.5 Å². The summed E-state index contributed by atoms with van der Waals surface area (Å²) < 4.78 is 21.1. The van der Waals surface area contributed by atoms with Gasteiger partial charge in [-0.2, -0.15) is 0 Å². The molecular weight excluding hydrogens is 505 g/mol. The van der Waals surface area contributed by atoms with Crippen LogP contribution in [0.1, 0.15) is 59.3 Å². The molecular formula is C23H32ClFN4Sn. The van der Waals surface area contributed by atoms with Gasteiger partial charge < -0.3 is 0 Å². The molecule has 0 saturated carbocycles. The zero-order valence-corrected chi connectivity index (χ0v) is 21.9. The van der Waals surface area contributed by atoms with Gasteiger partial charge in [0.1, 0.15) is 0 Å². The number of fused-ring (bicyclic) bond motifs is 1. The van der Waals surface area contributed by atoms with Gasteiger partial charge in [-0.1, -0.05) is 0 Å². The number of nitrogens with zero attached hydrogens (tertiary/aromatic N) is 4. The molecule has 2 heterocycles. The Balaban J connectivity index is 2.12. The van der Waals surface area contributed by atoms with Crippen molar-refractivity contribution in [3.63, 3.8) is 0 Å². The first-order valence-corrected chi connectivity index (χ1v) is 19.1. The molecule has 162 valence electrons. The zero-order valence-electron chi connectivity index (χ0n) is 18.3. The van der Waals surface area contributed by atoms with Crippen LogP contribution in [0.2, 0.25) is 18.5 Å². The molecule has 1 aromatic carbocycles. The van der Waals surface area contributed by atoms with E-state index in [-0.39, 0.29) is 5.82 Å². The summed E-state index contributed by atoms with van der Waals surface area (Å²) in [6.45, 7) is 6.79. The maximum absolute atomic E-state index is 14.3. The minimum atomic E-state index is -2.76. The molecule has 30 heavy (non-hydrogen) atoms. The van der Waals surface area contributed by atoms with Crippen molar-refractivity contribution in [3.8, 4) is 11.4 Å². The van der Waals surface area contributed by atoms with Crippen LogP contribution in [0.3, 0.4) is 0 Å². The van der Waals surface area contributed by atoms with Gasteiger partial charge >= 0.3 is 189 Å². The second-order valence-corrected chi connectivity index (χ2v) is 21.7. The first kappa shape index (κ1) is 23.5. The molecule has 3 aromatic rings. The molecule has 0 saturated heterocycles. The van der Waals surface area contributed by atoms with Crippen molar-refractivity contribution in [1.29, 1.82) is 0 Å². The summed E-state index contributed by atoms with van der Waals surface area (Å²) in [6, 6.07) is 8.70. The Morgan fingerprint density at radius 1 is 0.933 bits per heavy atom. The number of hydrogen-bond acceptors (Lipinski definition) is 3. The molecule has 0 aliphatic carbocycles. The minimum absolute atomic E-state index is 0.337. The molecule has 0 unspecified atom stereocenters. The predicted molar refractivity (Wildman–Crippen MR) is 126 cm³/mol. The number of hydrogen-bond donors (Lipinski definition) is 0. The van der Waals surface area contributed by atoms with Gasteiger partial charge in [0.25, 0.3) is 0 Å². The monoisotopic (exact) mass is 538 g/mol. The molecule has 0 N–H and O–H groups in total. The average molecular weight is 538 g/mol. The number of aromatic nitrogens is 4. The molecule has 0 radical (unpaired) electrons. The molecule has 0 amide bonds. The van der Waals surface area contributed by atoms with E-state index in [9.17, 15) is 4.39 Å². The Hall–Kier alpha value is -1.21. The van der Waals surface area contributed by atoms with Crippen LogP contribution in [0.15, 0.2) is 30.3 Å². The van der Waals surface area contributed by atoms with Crippen LogP contribution in [0.5, 0.6) is 0 Å². The summed E-state index contributed by atoms with van der Waals surface area (Å²) in [7, 11) is 0. The third-order valence-corrected chi connectivity index (χ3v) is 22.4. The molecule has 0 bridgehead atoms. The van der Waals surface area contributed by atoms with Crippen LogP contribution in [0, 0.1) is 5.82 Å². The second kappa shape index (κ2) is 10.9. The van der Waals surface area contributed by atoms with E-state index in [4.69, 9.17) is 11.6 Å². The molecule has 0 atom stereocenters. The fraction of sp³-hybridized carbons (Fsp3) is 0.522. The quantitative estimate of drug-likeness (QED) is 0.258. The first-order valence-electron chi connectivity index (χ1n) is 11.2. The van der Waals surface area contributed by atoms with Gasteiger partial charge in [-0.05, 0) is 0 Å². The standard InChI is InChI=1S/C11H5ClFN4.3C4H9.Sn/c12-9-5-6-10-14-15-11(17(10)16-9)7-3-1-2-4-8(7)13;3*1-3-4-2;/h1-4,6H;3*1,3-4H2,2H3;. The summed E-state index contributed by atoms with van der Waals surface area (Å²) in [5.41, 5.74) is 1.05. The van der Waals surface area contributed by atoms with E-state index in [1.54, 1.807) is 22.7 Å². The van der Waals surface area contributed by atoms with Gasteiger partial charge in [-0.3, -0.25) is 0 Å². The van der Waals surface area contributed by atoms with E-state index >= 15 is 0 Å².